The fourth-order valence-electron chi connectivity index (χ4n) is 7.46. The number of ketones is 1. The number of aliphatic hydroxyl groups excluding tert-OH is 1. The summed E-state index contributed by atoms with van der Waals surface area (Å²) in [6.07, 6.45) is 6.80. The predicted molar refractivity (Wildman–Crippen MR) is 191 cm³/mol. The van der Waals surface area contributed by atoms with E-state index in [2.05, 4.69) is 32.1 Å². The molecule has 248 valence electrons. The van der Waals surface area contributed by atoms with E-state index in [1.54, 1.807) is 30.2 Å². The molecule has 3 aliphatic carbocycles. The van der Waals surface area contributed by atoms with Crippen LogP contribution in [0.5, 0.6) is 11.5 Å². The average Bonchev–Trinajstić information content (AvgIpc) is 3.59. The Morgan fingerprint density at radius 3 is 2.62 bits per heavy atom. The van der Waals surface area contributed by atoms with Gasteiger partial charge < -0.3 is 19.7 Å². The van der Waals surface area contributed by atoms with Crippen LogP contribution in [0.3, 0.4) is 0 Å². The summed E-state index contributed by atoms with van der Waals surface area (Å²) in [5, 5.41) is 23.5. The molecule has 3 aliphatic rings. The maximum atomic E-state index is 14.2. The van der Waals surface area contributed by atoms with Crippen LogP contribution in [0.15, 0.2) is 76.7 Å². The van der Waals surface area contributed by atoms with Crippen molar-refractivity contribution in [3.63, 3.8) is 0 Å². The number of thiazole rings is 1. The Kier molecular flexibility index (Phi) is 10.1. The zero-order valence-corrected chi connectivity index (χ0v) is 29.4. The van der Waals surface area contributed by atoms with Crippen LogP contribution in [0.2, 0.25) is 0 Å². The summed E-state index contributed by atoms with van der Waals surface area (Å²) in [5.74, 6) is 1.99. The minimum absolute atomic E-state index is 0.0231. The van der Waals surface area contributed by atoms with Crippen molar-refractivity contribution in [1.29, 1.82) is 0 Å². The molecule has 1 saturated carbocycles. The van der Waals surface area contributed by atoms with Gasteiger partial charge in [0.2, 0.25) is 0 Å². The zero-order chi connectivity index (χ0) is 33.2. The van der Waals surface area contributed by atoms with Gasteiger partial charge in [0.15, 0.2) is 10.1 Å². The largest absolute Gasteiger partial charge is 0.497 e. The normalized spacial score (nSPS) is 24.9. The zero-order valence-electron chi connectivity index (χ0n) is 27.8. The molecule has 1 aromatic heterocycles. The maximum Gasteiger partial charge on any atom is 0.193 e. The first-order valence-electron chi connectivity index (χ1n) is 16.7. The quantitative estimate of drug-likeness (QED) is 0.110. The monoisotopic (exact) mass is 671 g/mol. The summed E-state index contributed by atoms with van der Waals surface area (Å²) >= 11 is 3.26. The van der Waals surface area contributed by atoms with E-state index < -0.39 is 17.1 Å². The number of hydrogen-bond donors (Lipinski definition) is 2. The molecule has 4 aromatic rings. The first-order chi connectivity index (χ1) is 22.6. The number of allylic oxidation sites excluding steroid dienone is 2. The minimum atomic E-state index is -0.967. The number of fused-ring (bicyclic) bond motifs is 9. The van der Waals surface area contributed by atoms with Gasteiger partial charge in [0.25, 0.3) is 0 Å². The average molecular weight is 672 g/mol. The second-order valence-electron chi connectivity index (χ2n) is 13.3. The molecule has 8 heteroatoms. The number of hydrogen-bond acceptors (Lipinski definition) is 8. The van der Waals surface area contributed by atoms with E-state index in [4.69, 9.17) is 14.5 Å². The Morgan fingerprint density at radius 2 is 1.85 bits per heavy atom. The smallest absolute Gasteiger partial charge is 0.193 e. The van der Waals surface area contributed by atoms with Crippen LogP contribution in [0.4, 0.5) is 0 Å². The van der Waals surface area contributed by atoms with Gasteiger partial charge in [0.1, 0.15) is 11.5 Å². The second kappa shape index (κ2) is 14.1. The molecule has 0 radical (unpaired) electrons. The highest BCUT2D eigenvalue weighted by Gasteiger charge is 2.56. The predicted octanol–water partition coefficient (Wildman–Crippen LogP) is 8.77. The molecule has 0 aliphatic heterocycles. The Balaban J connectivity index is 1.36. The van der Waals surface area contributed by atoms with Gasteiger partial charge in [-0.3, -0.25) is 4.79 Å². The molecule has 0 saturated heterocycles. The lowest BCUT2D eigenvalue weighted by atomic mass is 9.65. The van der Waals surface area contributed by atoms with Crippen LogP contribution in [0.1, 0.15) is 92.3 Å². The molecule has 2 N–H and O–H groups in total. The fraction of sp³-hybridized carbons (Fsp3) is 0.436. The van der Waals surface area contributed by atoms with Crippen LogP contribution >= 0.6 is 23.1 Å². The van der Waals surface area contributed by atoms with Crippen molar-refractivity contribution >= 4 is 39.1 Å². The number of ether oxygens (including phenoxy) is 2. The van der Waals surface area contributed by atoms with E-state index in [-0.39, 0.29) is 11.7 Å². The van der Waals surface area contributed by atoms with Crippen molar-refractivity contribution in [2.45, 2.75) is 87.7 Å². The summed E-state index contributed by atoms with van der Waals surface area (Å²) in [7, 11) is 1.62. The Labute approximate surface area is 286 Å². The molecule has 0 unspecified atom stereocenters. The number of carbonyl (C=O) groups excluding carboxylic acids is 1. The first-order valence-corrected chi connectivity index (χ1v) is 18.5. The lowest BCUT2D eigenvalue weighted by Gasteiger charge is -2.44. The van der Waals surface area contributed by atoms with Crippen LogP contribution in [-0.4, -0.2) is 52.2 Å². The van der Waals surface area contributed by atoms with Gasteiger partial charge in [-0.2, -0.15) is 0 Å². The third kappa shape index (κ3) is 7.02. The highest BCUT2D eigenvalue weighted by atomic mass is 32.2. The molecule has 6 nitrogen and oxygen atoms in total. The summed E-state index contributed by atoms with van der Waals surface area (Å²) in [6, 6.07) is 19.4. The second-order valence-corrected chi connectivity index (χ2v) is 15.6. The molecule has 4 atom stereocenters. The van der Waals surface area contributed by atoms with Crippen molar-refractivity contribution < 1.29 is 24.5 Å². The number of nitrogens with zero attached hydrogens (tertiary/aromatic N) is 1. The lowest BCUT2D eigenvalue weighted by Crippen LogP contribution is -2.46. The van der Waals surface area contributed by atoms with Gasteiger partial charge in [0, 0.05) is 22.3 Å². The molecule has 0 spiro atoms. The lowest BCUT2D eigenvalue weighted by molar-refractivity contribution is -0.0422. The van der Waals surface area contributed by atoms with Crippen molar-refractivity contribution in [3.05, 3.63) is 94.6 Å². The van der Waals surface area contributed by atoms with Crippen LogP contribution in [0.25, 0.3) is 10.2 Å². The van der Waals surface area contributed by atoms with E-state index in [0.717, 1.165) is 57.1 Å². The minimum Gasteiger partial charge on any atom is -0.497 e. The topological polar surface area (TPSA) is 88.9 Å². The van der Waals surface area contributed by atoms with Crippen LogP contribution in [-0.2, 0) is 6.42 Å². The molecular weight excluding hydrogens is 627 g/mol. The fourth-order valence-corrected chi connectivity index (χ4v) is 9.86. The molecule has 3 aromatic carbocycles. The highest BCUT2D eigenvalue weighted by Crippen LogP contribution is 2.60. The molecule has 2 bridgehead atoms. The van der Waals surface area contributed by atoms with Gasteiger partial charge in [-0.25, -0.2) is 4.98 Å². The summed E-state index contributed by atoms with van der Waals surface area (Å²) in [4.78, 5) is 19.1. The highest BCUT2D eigenvalue weighted by molar-refractivity contribution is 8.01. The first kappa shape index (κ1) is 33.7. The van der Waals surface area contributed by atoms with Gasteiger partial charge in [0.05, 0.1) is 35.6 Å². The standard InChI is InChI=1S/C39H45NO5S2/c1-5-45-30-15-17-34-35(23-30)47-37(40-34)46-24-39(43)20-18-33-31-16-9-26(21-28(41)12-8-25(2)7-6-19-38(33,39)3)22-32(31)36(42)27-10-13-29(44-4)14-11-27/h7,9-11,13-17,22-23,28,33,41,43H,5-6,8,12,18-21,24H2,1-4H3/t28-,33-,38-,39+/m0/s1. The summed E-state index contributed by atoms with van der Waals surface area (Å²) < 4.78 is 13.0. The third-order valence-corrected chi connectivity index (χ3v) is 12.7. The Bertz CT molecular complexity index is 1770. The third-order valence-electron chi connectivity index (χ3n) is 10.4. The number of thioether (sulfide) groups is 1. The summed E-state index contributed by atoms with van der Waals surface area (Å²) in [6.45, 7) is 6.96. The van der Waals surface area contributed by atoms with Crippen LogP contribution in [0, 0.1) is 5.41 Å². The van der Waals surface area contributed by atoms with E-state index >= 15 is 0 Å². The van der Waals surface area contributed by atoms with Crippen LogP contribution < -0.4 is 9.47 Å². The number of carbonyl (C=O) groups is 1. The molecule has 1 fully saturated rings. The van der Waals surface area contributed by atoms with Crippen molar-refractivity contribution in [1.82, 2.24) is 4.98 Å². The van der Waals surface area contributed by atoms with Gasteiger partial charge in [-0.1, -0.05) is 42.5 Å². The molecule has 47 heavy (non-hydrogen) atoms. The number of methoxy groups -OCH3 is 1. The van der Waals surface area contributed by atoms with E-state index in [1.165, 1.54) is 5.57 Å². The number of aliphatic hydroxyl groups is 2. The number of benzene rings is 3. The Hall–Kier alpha value is -3.17. The molecular formula is C39H45NO5S2. The van der Waals surface area contributed by atoms with E-state index in [1.807, 2.05) is 55.5 Å². The maximum absolute atomic E-state index is 14.2. The van der Waals surface area contributed by atoms with Gasteiger partial charge in [-0.15, -0.1) is 11.3 Å². The Morgan fingerprint density at radius 1 is 1.06 bits per heavy atom. The number of rotatable bonds is 8. The van der Waals surface area contributed by atoms with Crippen molar-refractivity contribution in [2.24, 2.45) is 5.41 Å². The van der Waals surface area contributed by atoms with Crippen molar-refractivity contribution in [3.8, 4) is 11.5 Å². The molecule has 0 amide bonds. The van der Waals surface area contributed by atoms with Gasteiger partial charge >= 0.3 is 0 Å². The van der Waals surface area contributed by atoms with Crippen molar-refractivity contribution in [2.75, 3.05) is 19.5 Å². The summed E-state index contributed by atoms with van der Waals surface area (Å²) in [5.41, 5.74) is 3.93. The SMILES string of the molecule is CCOc1ccc2nc(SC[C@]3(O)CC[C@H]4c5ccc(cc5C(=O)c5ccc(OC)cc5)C[C@@H](O)CCC(C)=CCC[C@@]43C)sc2c1. The van der Waals surface area contributed by atoms with Gasteiger partial charge in [-0.05, 0) is 124 Å². The van der Waals surface area contributed by atoms with E-state index in [0.29, 0.717) is 48.5 Å². The molecule has 1 heterocycles. The van der Waals surface area contributed by atoms with E-state index in [9.17, 15) is 15.0 Å². The molecule has 7 rings (SSSR count). The number of aromatic nitrogens is 1.